The fourth-order valence-corrected chi connectivity index (χ4v) is 3.34. The van der Waals surface area contributed by atoms with Gasteiger partial charge in [-0.25, -0.2) is 4.98 Å². The topological polar surface area (TPSA) is 80.3 Å². The third-order valence-electron chi connectivity index (χ3n) is 3.16. The fraction of sp³-hybridized carbons (Fsp3) is 0.353. The molecule has 2 N–H and O–H groups in total. The number of carbonyl (C=O) groups excluding carboxylic acids is 2. The summed E-state index contributed by atoms with van der Waals surface area (Å²) in [6.45, 7) is 3.67. The van der Waals surface area contributed by atoms with Crippen LogP contribution in [0.5, 0.6) is 5.75 Å². The van der Waals surface area contributed by atoms with Crippen LogP contribution < -0.4 is 15.4 Å². The highest BCUT2D eigenvalue weighted by Crippen LogP contribution is 2.20. The van der Waals surface area contributed by atoms with Gasteiger partial charge in [-0.05, 0) is 24.3 Å². The smallest absolute Gasteiger partial charge is 0.234 e. The molecule has 0 saturated carbocycles. The lowest BCUT2D eigenvalue weighted by molar-refractivity contribution is -0.119. The molecule has 25 heavy (non-hydrogen) atoms. The van der Waals surface area contributed by atoms with Gasteiger partial charge in [0.1, 0.15) is 5.75 Å². The first-order chi connectivity index (χ1) is 12.0. The van der Waals surface area contributed by atoms with Crippen molar-refractivity contribution < 1.29 is 14.3 Å². The van der Waals surface area contributed by atoms with E-state index in [2.05, 4.69) is 15.6 Å². The summed E-state index contributed by atoms with van der Waals surface area (Å²) in [5, 5.41) is 8.09. The van der Waals surface area contributed by atoms with Crippen molar-refractivity contribution in [3.05, 3.63) is 35.3 Å². The zero-order valence-electron chi connectivity index (χ0n) is 14.4. The Morgan fingerprint density at radius 1 is 1.24 bits per heavy atom. The Bertz CT molecular complexity index is 714. The molecule has 134 valence electrons. The van der Waals surface area contributed by atoms with E-state index in [0.717, 1.165) is 17.1 Å². The number of benzene rings is 1. The number of hydrogen-bond acceptors (Lipinski definition) is 6. The molecule has 0 radical (unpaired) electrons. The standard InChI is InChI=1S/C17H21N3O3S2/c1-11(2)16(22)20-17-19-13(9-25-17)8-24-10-15(21)18-12-4-6-14(23-3)7-5-12/h4-7,9,11H,8,10H2,1-3H3,(H,18,21)(H,19,20,22). The molecule has 8 heteroatoms. The molecule has 6 nitrogen and oxygen atoms in total. The first kappa shape index (κ1) is 19.3. The lowest BCUT2D eigenvalue weighted by atomic mass is 10.2. The summed E-state index contributed by atoms with van der Waals surface area (Å²) in [5.41, 5.74) is 1.59. The van der Waals surface area contributed by atoms with Crippen LogP contribution in [0.15, 0.2) is 29.6 Å². The van der Waals surface area contributed by atoms with E-state index in [0.29, 0.717) is 16.6 Å². The largest absolute Gasteiger partial charge is 0.497 e. The van der Waals surface area contributed by atoms with Gasteiger partial charge in [-0.3, -0.25) is 9.59 Å². The van der Waals surface area contributed by atoms with E-state index < -0.39 is 0 Å². The number of rotatable bonds is 8. The third-order valence-corrected chi connectivity index (χ3v) is 4.94. The number of methoxy groups -OCH3 is 1. The summed E-state index contributed by atoms with van der Waals surface area (Å²) in [5.74, 6) is 1.49. The molecule has 0 aliphatic carbocycles. The van der Waals surface area contributed by atoms with E-state index in [9.17, 15) is 9.59 Å². The van der Waals surface area contributed by atoms with Crippen molar-refractivity contribution in [2.45, 2.75) is 19.6 Å². The van der Waals surface area contributed by atoms with E-state index in [-0.39, 0.29) is 17.7 Å². The molecule has 0 unspecified atom stereocenters. The molecule has 0 atom stereocenters. The van der Waals surface area contributed by atoms with Crippen molar-refractivity contribution in [2.24, 2.45) is 5.92 Å². The van der Waals surface area contributed by atoms with E-state index in [1.165, 1.54) is 23.1 Å². The van der Waals surface area contributed by atoms with Crippen molar-refractivity contribution in [2.75, 3.05) is 23.5 Å². The van der Waals surface area contributed by atoms with Crippen molar-refractivity contribution in [1.82, 2.24) is 4.98 Å². The van der Waals surface area contributed by atoms with Crippen molar-refractivity contribution in [3.8, 4) is 5.75 Å². The van der Waals surface area contributed by atoms with Crippen LogP contribution in [-0.2, 0) is 15.3 Å². The van der Waals surface area contributed by atoms with Crippen LogP contribution in [0.4, 0.5) is 10.8 Å². The van der Waals surface area contributed by atoms with E-state index in [4.69, 9.17) is 4.74 Å². The molecule has 0 fully saturated rings. The Labute approximate surface area is 155 Å². The minimum Gasteiger partial charge on any atom is -0.497 e. The molecular weight excluding hydrogens is 358 g/mol. The number of anilines is 2. The van der Waals surface area contributed by atoms with Crippen LogP contribution in [0.1, 0.15) is 19.5 Å². The average molecular weight is 380 g/mol. The number of nitrogens with one attached hydrogen (secondary N) is 2. The molecule has 0 bridgehead atoms. The monoisotopic (exact) mass is 379 g/mol. The Kier molecular flexibility index (Phi) is 7.27. The maximum Gasteiger partial charge on any atom is 0.234 e. The summed E-state index contributed by atoms with van der Waals surface area (Å²) < 4.78 is 5.08. The molecule has 1 heterocycles. The second-order valence-corrected chi connectivity index (χ2v) is 7.40. The number of hydrogen-bond donors (Lipinski definition) is 2. The van der Waals surface area contributed by atoms with Gasteiger partial charge < -0.3 is 15.4 Å². The van der Waals surface area contributed by atoms with Gasteiger partial charge >= 0.3 is 0 Å². The van der Waals surface area contributed by atoms with Crippen LogP contribution in [0, 0.1) is 5.92 Å². The SMILES string of the molecule is COc1ccc(NC(=O)CSCc2csc(NC(=O)C(C)C)n2)cc1. The molecule has 0 spiro atoms. The van der Waals surface area contributed by atoms with Crippen LogP contribution in [0.3, 0.4) is 0 Å². The zero-order valence-corrected chi connectivity index (χ0v) is 16.0. The molecule has 0 aliphatic heterocycles. The molecule has 2 amide bonds. The van der Waals surface area contributed by atoms with Crippen LogP contribution in [0.2, 0.25) is 0 Å². The van der Waals surface area contributed by atoms with E-state index >= 15 is 0 Å². The third kappa shape index (κ3) is 6.39. The second kappa shape index (κ2) is 9.43. The van der Waals surface area contributed by atoms with Gasteiger partial charge in [0.25, 0.3) is 0 Å². The van der Waals surface area contributed by atoms with Gasteiger partial charge in [-0.2, -0.15) is 0 Å². The number of nitrogens with zero attached hydrogens (tertiary/aromatic N) is 1. The Morgan fingerprint density at radius 3 is 2.60 bits per heavy atom. The van der Waals surface area contributed by atoms with Gasteiger partial charge in [0.2, 0.25) is 11.8 Å². The summed E-state index contributed by atoms with van der Waals surface area (Å²) in [4.78, 5) is 27.9. The van der Waals surface area contributed by atoms with Gasteiger partial charge in [-0.1, -0.05) is 13.8 Å². The van der Waals surface area contributed by atoms with E-state index in [1.54, 1.807) is 31.4 Å². The lowest BCUT2D eigenvalue weighted by Gasteiger charge is -2.06. The summed E-state index contributed by atoms with van der Waals surface area (Å²) >= 11 is 2.87. The van der Waals surface area contributed by atoms with Gasteiger partial charge in [0.05, 0.1) is 18.6 Å². The normalized spacial score (nSPS) is 10.6. The maximum absolute atomic E-state index is 11.9. The molecule has 0 saturated heterocycles. The molecule has 1 aromatic carbocycles. The Morgan fingerprint density at radius 2 is 1.96 bits per heavy atom. The van der Waals surface area contributed by atoms with Crippen molar-refractivity contribution >= 4 is 45.7 Å². The second-order valence-electron chi connectivity index (χ2n) is 5.56. The fourth-order valence-electron chi connectivity index (χ4n) is 1.80. The first-order valence-corrected chi connectivity index (χ1v) is 9.78. The number of ether oxygens (including phenoxy) is 1. The highest BCUT2D eigenvalue weighted by molar-refractivity contribution is 7.99. The Hall–Kier alpha value is -2.06. The van der Waals surface area contributed by atoms with E-state index in [1.807, 2.05) is 19.2 Å². The van der Waals surface area contributed by atoms with Crippen LogP contribution in [-0.4, -0.2) is 29.7 Å². The summed E-state index contributed by atoms with van der Waals surface area (Å²) in [6, 6.07) is 7.19. The minimum atomic E-state index is -0.0802. The number of thiazole rings is 1. The highest BCUT2D eigenvalue weighted by atomic mass is 32.2. The summed E-state index contributed by atoms with van der Waals surface area (Å²) in [6.07, 6.45) is 0. The Balaban J connectivity index is 1.73. The van der Waals surface area contributed by atoms with Crippen molar-refractivity contribution in [3.63, 3.8) is 0 Å². The summed E-state index contributed by atoms with van der Waals surface area (Å²) in [7, 11) is 1.60. The number of carbonyl (C=O) groups is 2. The lowest BCUT2D eigenvalue weighted by Crippen LogP contribution is -2.17. The van der Waals surface area contributed by atoms with Gasteiger partial charge in [-0.15, -0.1) is 23.1 Å². The van der Waals surface area contributed by atoms with Crippen LogP contribution >= 0.6 is 23.1 Å². The van der Waals surface area contributed by atoms with Crippen molar-refractivity contribution in [1.29, 1.82) is 0 Å². The maximum atomic E-state index is 11.9. The minimum absolute atomic E-state index is 0.0487. The number of aromatic nitrogens is 1. The number of amides is 2. The van der Waals surface area contributed by atoms with Gasteiger partial charge in [0, 0.05) is 22.7 Å². The highest BCUT2D eigenvalue weighted by Gasteiger charge is 2.10. The predicted molar refractivity (Wildman–Crippen MR) is 103 cm³/mol. The molecular formula is C17H21N3O3S2. The molecule has 0 aliphatic rings. The quantitative estimate of drug-likeness (QED) is 0.732. The van der Waals surface area contributed by atoms with Crippen LogP contribution in [0.25, 0.3) is 0 Å². The first-order valence-electron chi connectivity index (χ1n) is 7.75. The molecule has 1 aromatic heterocycles. The average Bonchev–Trinajstić information content (AvgIpc) is 3.02. The molecule has 2 rings (SSSR count). The number of thioether (sulfide) groups is 1. The molecule has 2 aromatic rings. The van der Waals surface area contributed by atoms with Gasteiger partial charge in [0.15, 0.2) is 5.13 Å². The predicted octanol–water partition coefficient (Wildman–Crippen LogP) is 3.62. The zero-order chi connectivity index (χ0) is 18.2.